The molecule has 96 valence electrons. The monoisotopic (exact) mass is 238 g/mol. The van der Waals surface area contributed by atoms with Crippen molar-refractivity contribution >= 4 is 11.6 Å². The third kappa shape index (κ3) is 2.60. The molecule has 0 aliphatic carbocycles. The number of anilines is 1. The Balaban J connectivity index is 2.92. The maximum absolute atomic E-state index is 12.2. The molecule has 1 rings (SSSR count). The van der Waals surface area contributed by atoms with E-state index in [4.69, 9.17) is 5.73 Å². The molecule has 0 unspecified atom stereocenters. The van der Waals surface area contributed by atoms with E-state index in [9.17, 15) is 4.79 Å². The van der Waals surface area contributed by atoms with Gasteiger partial charge in [-0.15, -0.1) is 0 Å². The molecule has 0 aliphatic rings. The number of hydrogen-bond acceptors (Lipinski definition) is 3. The van der Waals surface area contributed by atoms with Crippen molar-refractivity contribution in [3.8, 4) is 0 Å². The van der Waals surface area contributed by atoms with Crippen LogP contribution in [0, 0.1) is 0 Å². The second-order valence-corrected chi connectivity index (χ2v) is 4.37. The predicted octanol–water partition coefficient (Wildman–Crippen LogP) is 1.70. The van der Waals surface area contributed by atoms with Gasteiger partial charge < -0.3 is 11.1 Å². The van der Waals surface area contributed by atoms with Crippen LogP contribution in [-0.4, -0.2) is 21.2 Å². The van der Waals surface area contributed by atoms with Gasteiger partial charge in [0.05, 0.1) is 11.9 Å². The molecule has 0 radical (unpaired) electrons. The van der Waals surface area contributed by atoms with Crippen LogP contribution in [0.4, 0.5) is 5.69 Å². The quantitative estimate of drug-likeness (QED) is 0.820. The highest BCUT2D eigenvalue weighted by Crippen LogP contribution is 2.21. The Morgan fingerprint density at radius 1 is 1.41 bits per heavy atom. The maximum Gasteiger partial charge on any atom is 0.272 e. The van der Waals surface area contributed by atoms with Gasteiger partial charge in [0.15, 0.2) is 0 Å². The summed E-state index contributed by atoms with van der Waals surface area (Å²) in [7, 11) is 1.72. The summed E-state index contributed by atoms with van der Waals surface area (Å²) in [6.45, 7) is 6.25. The smallest absolute Gasteiger partial charge is 0.272 e. The van der Waals surface area contributed by atoms with Crippen molar-refractivity contribution in [2.45, 2.75) is 45.6 Å². The average Bonchev–Trinajstić information content (AvgIpc) is 2.66. The van der Waals surface area contributed by atoms with Gasteiger partial charge in [-0.1, -0.05) is 20.8 Å². The minimum Gasteiger partial charge on any atom is -0.396 e. The molecule has 0 fully saturated rings. The summed E-state index contributed by atoms with van der Waals surface area (Å²) in [6.07, 6.45) is 4.22. The van der Waals surface area contributed by atoms with Gasteiger partial charge in [-0.25, -0.2) is 0 Å². The lowest BCUT2D eigenvalue weighted by Crippen LogP contribution is -2.47. The zero-order valence-corrected chi connectivity index (χ0v) is 11.1. The fraction of sp³-hybridized carbons (Fsp3) is 0.667. The molecule has 1 aromatic rings. The first-order chi connectivity index (χ1) is 7.99. The second-order valence-electron chi connectivity index (χ2n) is 4.37. The number of nitrogens with zero attached hydrogens (tertiary/aromatic N) is 2. The van der Waals surface area contributed by atoms with E-state index < -0.39 is 0 Å². The van der Waals surface area contributed by atoms with Crippen molar-refractivity contribution in [1.82, 2.24) is 15.1 Å². The molecule has 1 heterocycles. The van der Waals surface area contributed by atoms with Gasteiger partial charge in [-0.3, -0.25) is 9.48 Å². The molecule has 0 atom stereocenters. The summed E-state index contributed by atoms with van der Waals surface area (Å²) in [5.74, 6) is -0.145. The van der Waals surface area contributed by atoms with Gasteiger partial charge in [0.2, 0.25) is 0 Å². The highest BCUT2D eigenvalue weighted by atomic mass is 16.2. The zero-order chi connectivity index (χ0) is 13.1. The molecular formula is C12H22N4O. The largest absolute Gasteiger partial charge is 0.396 e. The number of aryl methyl sites for hydroxylation is 1. The Labute approximate surface area is 102 Å². The summed E-state index contributed by atoms with van der Waals surface area (Å²) in [6, 6.07) is 0. The van der Waals surface area contributed by atoms with Crippen molar-refractivity contribution in [2.24, 2.45) is 7.05 Å². The van der Waals surface area contributed by atoms with Crippen molar-refractivity contribution in [3.63, 3.8) is 0 Å². The molecule has 17 heavy (non-hydrogen) atoms. The van der Waals surface area contributed by atoms with Crippen molar-refractivity contribution in [2.75, 3.05) is 5.73 Å². The van der Waals surface area contributed by atoms with Crippen LogP contribution in [0.5, 0.6) is 0 Å². The predicted molar refractivity (Wildman–Crippen MR) is 68.7 cm³/mol. The molecule has 0 spiro atoms. The van der Waals surface area contributed by atoms with Crippen LogP contribution in [0.2, 0.25) is 0 Å². The van der Waals surface area contributed by atoms with E-state index in [0.29, 0.717) is 11.4 Å². The van der Waals surface area contributed by atoms with Crippen LogP contribution in [0.25, 0.3) is 0 Å². The number of carbonyl (C=O) groups excluding carboxylic acids is 1. The van der Waals surface area contributed by atoms with E-state index in [2.05, 4.69) is 31.2 Å². The summed E-state index contributed by atoms with van der Waals surface area (Å²) in [5.41, 5.74) is 6.45. The van der Waals surface area contributed by atoms with E-state index in [-0.39, 0.29) is 11.4 Å². The number of amides is 1. The first-order valence-corrected chi connectivity index (χ1v) is 6.09. The third-order valence-electron chi connectivity index (χ3n) is 3.59. The molecule has 0 aromatic carbocycles. The van der Waals surface area contributed by atoms with E-state index in [1.165, 1.54) is 10.9 Å². The summed E-state index contributed by atoms with van der Waals surface area (Å²) in [5, 5.41) is 7.06. The molecule has 1 amide bonds. The number of rotatable bonds is 5. The molecule has 1 aromatic heterocycles. The summed E-state index contributed by atoms with van der Waals surface area (Å²) >= 11 is 0. The van der Waals surface area contributed by atoms with Gasteiger partial charge in [0.1, 0.15) is 5.69 Å². The van der Waals surface area contributed by atoms with Gasteiger partial charge in [0.25, 0.3) is 5.91 Å². The molecule has 0 saturated carbocycles. The minimum atomic E-state index is -0.145. The van der Waals surface area contributed by atoms with Gasteiger partial charge in [-0.2, -0.15) is 5.10 Å². The zero-order valence-electron chi connectivity index (χ0n) is 11.1. The lowest BCUT2D eigenvalue weighted by Gasteiger charge is -2.31. The Hall–Kier alpha value is -1.52. The Bertz CT molecular complexity index is 365. The Kier molecular flexibility index (Phi) is 4.15. The fourth-order valence-electron chi connectivity index (χ4n) is 2.05. The van der Waals surface area contributed by atoms with E-state index in [1.807, 2.05) is 0 Å². The highest BCUT2D eigenvalue weighted by molar-refractivity contribution is 5.97. The summed E-state index contributed by atoms with van der Waals surface area (Å²) in [4.78, 5) is 12.2. The average molecular weight is 238 g/mol. The Morgan fingerprint density at radius 3 is 2.29 bits per heavy atom. The van der Waals surface area contributed by atoms with Crippen molar-refractivity contribution in [3.05, 3.63) is 11.9 Å². The van der Waals surface area contributed by atoms with Gasteiger partial charge in [-0.05, 0) is 19.3 Å². The van der Waals surface area contributed by atoms with Crippen LogP contribution in [0.1, 0.15) is 50.5 Å². The molecular weight excluding hydrogens is 216 g/mol. The first-order valence-electron chi connectivity index (χ1n) is 6.09. The lowest BCUT2D eigenvalue weighted by atomic mass is 9.89. The third-order valence-corrected chi connectivity index (χ3v) is 3.59. The van der Waals surface area contributed by atoms with Crippen LogP contribution in [-0.2, 0) is 7.05 Å². The number of nitrogen functional groups attached to an aromatic ring is 1. The lowest BCUT2D eigenvalue weighted by molar-refractivity contribution is 0.0879. The van der Waals surface area contributed by atoms with E-state index in [0.717, 1.165) is 19.3 Å². The molecule has 0 saturated heterocycles. The van der Waals surface area contributed by atoms with Crippen LogP contribution >= 0.6 is 0 Å². The maximum atomic E-state index is 12.2. The molecule has 3 N–H and O–H groups in total. The van der Waals surface area contributed by atoms with Crippen LogP contribution < -0.4 is 11.1 Å². The number of carbonyl (C=O) groups is 1. The molecule has 0 aliphatic heterocycles. The number of nitrogens with two attached hydrogens (primary N) is 1. The van der Waals surface area contributed by atoms with Crippen LogP contribution in [0.15, 0.2) is 6.20 Å². The molecule has 5 nitrogen and oxygen atoms in total. The van der Waals surface area contributed by atoms with E-state index in [1.54, 1.807) is 7.05 Å². The molecule has 5 heteroatoms. The van der Waals surface area contributed by atoms with Crippen LogP contribution in [0.3, 0.4) is 0 Å². The standard InChI is InChI=1S/C12H22N4O/c1-5-12(6-2,7-3)15-11(17)10-9(13)8-14-16(10)4/h8H,5-7,13H2,1-4H3,(H,15,17). The number of aromatic nitrogens is 2. The highest BCUT2D eigenvalue weighted by Gasteiger charge is 2.28. The normalized spacial score (nSPS) is 11.5. The molecule has 0 bridgehead atoms. The van der Waals surface area contributed by atoms with Gasteiger partial charge in [0, 0.05) is 12.6 Å². The number of nitrogens with one attached hydrogen (secondary N) is 1. The first kappa shape index (κ1) is 13.5. The Morgan fingerprint density at radius 2 is 1.94 bits per heavy atom. The number of hydrogen-bond donors (Lipinski definition) is 2. The minimum absolute atomic E-state index is 0.145. The SMILES string of the molecule is CCC(CC)(CC)NC(=O)c1c(N)cnn1C. The van der Waals surface area contributed by atoms with Crippen molar-refractivity contribution < 1.29 is 4.79 Å². The topological polar surface area (TPSA) is 72.9 Å². The summed E-state index contributed by atoms with van der Waals surface area (Å²) < 4.78 is 1.51. The fourth-order valence-corrected chi connectivity index (χ4v) is 2.05. The van der Waals surface area contributed by atoms with E-state index >= 15 is 0 Å². The van der Waals surface area contributed by atoms with Gasteiger partial charge >= 0.3 is 0 Å². The van der Waals surface area contributed by atoms with Crippen molar-refractivity contribution in [1.29, 1.82) is 0 Å². The second kappa shape index (κ2) is 5.21.